The SMILES string of the molecule is O=C(Nc1ccc(C(=O)Nc2cccc(N3CCNC3=O)c2)c(O)c1)c1cc(F)cc(F)c1. The van der Waals surface area contributed by atoms with E-state index in [1.807, 2.05) is 0 Å². The molecule has 1 aliphatic heterocycles. The summed E-state index contributed by atoms with van der Waals surface area (Å²) in [6, 6.07) is 12.7. The minimum absolute atomic E-state index is 0.0610. The van der Waals surface area contributed by atoms with E-state index in [1.165, 1.54) is 17.0 Å². The number of carbonyl (C=O) groups excluding carboxylic acids is 3. The number of anilines is 3. The van der Waals surface area contributed by atoms with Crippen LogP contribution >= 0.6 is 0 Å². The van der Waals surface area contributed by atoms with Gasteiger partial charge in [-0.15, -0.1) is 0 Å². The quantitative estimate of drug-likeness (QED) is 0.473. The fraction of sp³-hybridized carbons (Fsp3) is 0.0870. The first kappa shape index (κ1) is 21.8. The Morgan fingerprint density at radius 1 is 0.909 bits per heavy atom. The molecule has 0 aliphatic carbocycles. The van der Waals surface area contributed by atoms with Crippen molar-refractivity contribution in [3.8, 4) is 5.75 Å². The molecule has 10 heteroatoms. The minimum Gasteiger partial charge on any atom is -0.507 e. The van der Waals surface area contributed by atoms with Crippen molar-refractivity contribution >= 4 is 34.9 Å². The number of nitrogens with zero attached hydrogens (tertiary/aromatic N) is 1. The molecule has 0 bridgehead atoms. The molecule has 4 N–H and O–H groups in total. The third-order valence-corrected chi connectivity index (χ3v) is 4.90. The van der Waals surface area contributed by atoms with Gasteiger partial charge in [-0.05, 0) is 42.5 Å². The molecule has 33 heavy (non-hydrogen) atoms. The summed E-state index contributed by atoms with van der Waals surface area (Å²) in [5.74, 6) is -3.60. The van der Waals surface area contributed by atoms with Crippen LogP contribution in [-0.4, -0.2) is 36.0 Å². The smallest absolute Gasteiger partial charge is 0.321 e. The topological polar surface area (TPSA) is 111 Å². The summed E-state index contributed by atoms with van der Waals surface area (Å²) in [5.41, 5.74) is 0.858. The highest BCUT2D eigenvalue weighted by Crippen LogP contribution is 2.25. The van der Waals surface area contributed by atoms with Gasteiger partial charge in [0.15, 0.2) is 0 Å². The first-order valence-electron chi connectivity index (χ1n) is 9.87. The number of hydrogen-bond donors (Lipinski definition) is 4. The zero-order valence-corrected chi connectivity index (χ0v) is 17.1. The van der Waals surface area contributed by atoms with Gasteiger partial charge in [0.05, 0.1) is 5.56 Å². The van der Waals surface area contributed by atoms with Gasteiger partial charge < -0.3 is 21.1 Å². The van der Waals surface area contributed by atoms with E-state index in [4.69, 9.17) is 0 Å². The summed E-state index contributed by atoms with van der Waals surface area (Å²) in [6.45, 7) is 1.03. The van der Waals surface area contributed by atoms with Crippen LogP contribution in [0.2, 0.25) is 0 Å². The number of halogens is 2. The van der Waals surface area contributed by atoms with E-state index in [1.54, 1.807) is 24.3 Å². The van der Waals surface area contributed by atoms with Crippen LogP contribution in [0.1, 0.15) is 20.7 Å². The number of nitrogens with one attached hydrogen (secondary N) is 3. The van der Waals surface area contributed by atoms with E-state index in [0.717, 1.165) is 18.2 Å². The molecule has 1 heterocycles. The lowest BCUT2D eigenvalue weighted by molar-refractivity contribution is 0.101. The van der Waals surface area contributed by atoms with Gasteiger partial charge in [-0.1, -0.05) is 6.07 Å². The molecule has 3 aromatic carbocycles. The lowest BCUT2D eigenvalue weighted by Crippen LogP contribution is -2.27. The Bertz CT molecular complexity index is 1240. The molecule has 0 aromatic heterocycles. The first-order valence-corrected chi connectivity index (χ1v) is 9.87. The maximum atomic E-state index is 13.3. The lowest BCUT2D eigenvalue weighted by Gasteiger charge is -2.15. The Morgan fingerprint density at radius 2 is 1.61 bits per heavy atom. The predicted molar refractivity (Wildman–Crippen MR) is 118 cm³/mol. The van der Waals surface area contributed by atoms with Crippen LogP contribution in [0, 0.1) is 11.6 Å². The number of carbonyl (C=O) groups is 3. The molecule has 0 saturated carbocycles. The molecule has 8 nitrogen and oxygen atoms in total. The zero-order valence-electron chi connectivity index (χ0n) is 17.1. The van der Waals surface area contributed by atoms with Crippen LogP contribution in [0.15, 0.2) is 60.7 Å². The number of hydrogen-bond acceptors (Lipinski definition) is 4. The average Bonchev–Trinajstić information content (AvgIpc) is 3.19. The summed E-state index contributed by atoms with van der Waals surface area (Å²) in [7, 11) is 0. The van der Waals surface area contributed by atoms with E-state index in [2.05, 4.69) is 16.0 Å². The maximum Gasteiger partial charge on any atom is 0.321 e. The number of amides is 4. The van der Waals surface area contributed by atoms with Crippen LogP contribution in [0.3, 0.4) is 0 Å². The predicted octanol–water partition coefficient (Wildman–Crippen LogP) is 3.70. The van der Waals surface area contributed by atoms with Crippen molar-refractivity contribution in [3.05, 3.63) is 83.4 Å². The molecule has 4 rings (SSSR count). The van der Waals surface area contributed by atoms with E-state index >= 15 is 0 Å². The lowest BCUT2D eigenvalue weighted by atomic mass is 10.1. The number of rotatable bonds is 5. The van der Waals surface area contributed by atoms with Gasteiger partial charge in [-0.2, -0.15) is 0 Å². The Kier molecular flexibility index (Phi) is 5.90. The molecular weight excluding hydrogens is 434 g/mol. The van der Waals surface area contributed by atoms with Crippen molar-refractivity contribution in [1.82, 2.24) is 5.32 Å². The van der Waals surface area contributed by atoms with Gasteiger partial charge >= 0.3 is 6.03 Å². The van der Waals surface area contributed by atoms with Crippen molar-refractivity contribution < 1.29 is 28.3 Å². The zero-order chi connectivity index (χ0) is 23.5. The first-order chi connectivity index (χ1) is 15.8. The highest BCUT2D eigenvalue weighted by atomic mass is 19.1. The van der Waals surface area contributed by atoms with Crippen molar-refractivity contribution in [2.45, 2.75) is 0 Å². The van der Waals surface area contributed by atoms with E-state index < -0.39 is 29.2 Å². The van der Waals surface area contributed by atoms with Gasteiger partial charge in [-0.3, -0.25) is 14.5 Å². The van der Waals surface area contributed by atoms with Crippen molar-refractivity contribution in [3.63, 3.8) is 0 Å². The average molecular weight is 452 g/mol. The Hall–Kier alpha value is -4.47. The van der Waals surface area contributed by atoms with Gasteiger partial charge in [0.1, 0.15) is 17.4 Å². The van der Waals surface area contributed by atoms with E-state index in [9.17, 15) is 28.3 Å². The van der Waals surface area contributed by atoms with Crippen molar-refractivity contribution in [2.75, 3.05) is 28.6 Å². The Labute approximate surface area is 186 Å². The third kappa shape index (κ3) is 4.90. The molecular formula is C23H18F2N4O4. The van der Waals surface area contributed by atoms with Gasteiger partial charge in [0.2, 0.25) is 0 Å². The van der Waals surface area contributed by atoms with Crippen molar-refractivity contribution in [1.29, 1.82) is 0 Å². The third-order valence-electron chi connectivity index (χ3n) is 4.90. The second-order valence-electron chi connectivity index (χ2n) is 7.23. The normalized spacial score (nSPS) is 12.9. The van der Waals surface area contributed by atoms with Crippen LogP contribution in [0.25, 0.3) is 0 Å². The second kappa shape index (κ2) is 8.95. The maximum absolute atomic E-state index is 13.3. The summed E-state index contributed by atoms with van der Waals surface area (Å²) in [5, 5.41) is 18.0. The van der Waals surface area contributed by atoms with E-state index in [0.29, 0.717) is 30.5 Å². The standard InChI is InChI=1S/C23H18F2N4O4/c24-14-8-13(9-15(25)10-14)21(31)27-17-4-5-19(20(30)12-17)22(32)28-16-2-1-3-18(11-16)29-7-6-26-23(29)33/h1-5,8-12,30H,6-7H2,(H,26,33)(H,27,31)(H,28,32). The van der Waals surface area contributed by atoms with Gasteiger partial charge in [-0.25, -0.2) is 13.6 Å². The number of aromatic hydroxyl groups is 1. The van der Waals surface area contributed by atoms with Crippen LogP contribution in [-0.2, 0) is 0 Å². The summed E-state index contributed by atoms with van der Waals surface area (Å²) >= 11 is 0. The number of phenolic OH excluding ortho intramolecular Hbond substituents is 1. The summed E-state index contributed by atoms with van der Waals surface area (Å²) in [6.07, 6.45) is 0. The molecule has 0 radical (unpaired) electrons. The molecule has 0 unspecified atom stereocenters. The Morgan fingerprint density at radius 3 is 2.27 bits per heavy atom. The van der Waals surface area contributed by atoms with Crippen LogP contribution < -0.4 is 20.9 Å². The van der Waals surface area contributed by atoms with Gasteiger partial charge in [0.25, 0.3) is 11.8 Å². The minimum atomic E-state index is -0.899. The van der Waals surface area contributed by atoms with Crippen LogP contribution in [0.5, 0.6) is 5.75 Å². The molecule has 1 fully saturated rings. The molecule has 4 amide bonds. The monoisotopic (exact) mass is 452 g/mol. The molecule has 168 valence electrons. The molecule has 1 saturated heterocycles. The summed E-state index contributed by atoms with van der Waals surface area (Å²) in [4.78, 5) is 38.2. The number of urea groups is 1. The van der Waals surface area contributed by atoms with Crippen molar-refractivity contribution in [2.24, 2.45) is 0 Å². The number of benzene rings is 3. The van der Waals surface area contributed by atoms with Crippen LogP contribution in [0.4, 0.5) is 30.6 Å². The second-order valence-corrected chi connectivity index (χ2v) is 7.23. The fourth-order valence-electron chi connectivity index (χ4n) is 3.36. The molecule has 0 atom stereocenters. The Balaban J connectivity index is 1.46. The molecule has 3 aromatic rings. The fourth-order valence-corrected chi connectivity index (χ4v) is 3.36. The molecule has 0 spiro atoms. The highest BCUT2D eigenvalue weighted by molar-refractivity contribution is 6.08. The van der Waals surface area contributed by atoms with E-state index in [-0.39, 0.29) is 22.8 Å². The summed E-state index contributed by atoms with van der Waals surface area (Å²) < 4.78 is 26.6. The largest absolute Gasteiger partial charge is 0.507 e. The van der Waals surface area contributed by atoms with Gasteiger partial charge in [0, 0.05) is 47.8 Å². The molecule has 1 aliphatic rings. The number of phenols is 1. The highest BCUT2D eigenvalue weighted by Gasteiger charge is 2.21.